The zero-order chi connectivity index (χ0) is 41.9. The van der Waals surface area contributed by atoms with E-state index in [1.165, 1.54) is 47.1 Å². The van der Waals surface area contributed by atoms with Crippen molar-refractivity contribution in [3.05, 3.63) is 46.4 Å². The molecule has 0 unspecified atom stereocenters. The third-order valence-electron chi connectivity index (χ3n) is 13.5. The Morgan fingerprint density at radius 1 is 0.982 bits per heavy atom. The molecule has 2 fully saturated rings. The highest BCUT2D eigenvalue weighted by Gasteiger charge is 2.83. The second kappa shape index (κ2) is 13.2. The van der Waals surface area contributed by atoms with Crippen LogP contribution in [-0.2, 0) is 52.4 Å². The molecule has 0 spiro atoms. The number of aliphatic hydroxyl groups excluding tert-OH is 1. The molecule has 3 heterocycles. The van der Waals surface area contributed by atoms with E-state index in [-0.39, 0.29) is 29.6 Å². The average molecular weight is 789 g/mol. The molecular formula is C40H52O16. The first kappa shape index (κ1) is 41.5. The quantitative estimate of drug-likeness (QED) is 0.122. The van der Waals surface area contributed by atoms with E-state index in [9.17, 15) is 44.4 Å². The Kier molecular flexibility index (Phi) is 9.81. The summed E-state index contributed by atoms with van der Waals surface area (Å²) in [5.74, 6) is -7.09. The summed E-state index contributed by atoms with van der Waals surface area (Å²) in [5, 5.41) is 48.9. The van der Waals surface area contributed by atoms with E-state index in [1.807, 2.05) is 0 Å². The van der Waals surface area contributed by atoms with E-state index in [0.29, 0.717) is 5.56 Å². The van der Waals surface area contributed by atoms with Crippen LogP contribution in [-0.4, -0.2) is 105 Å². The van der Waals surface area contributed by atoms with Crippen molar-refractivity contribution in [2.75, 3.05) is 7.11 Å². The van der Waals surface area contributed by atoms with Crippen molar-refractivity contribution in [3.8, 4) is 0 Å². The van der Waals surface area contributed by atoms with Crippen LogP contribution in [0.4, 0.5) is 0 Å². The van der Waals surface area contributed by atoms with Gasteiger partial charge in [0.1, 0.15) is 17.8 Å². The maximum atomic E-state index is 14.1. The summed E-state index contributed by atoms with van der Waals surface area (Å²) >= 11 is 0. The van der Waals surface area contributed by atoms with Crippen LogP contribution in [0.25, 0.3) is 0 Å². The normalized spacial score (nSPS) is 38.9. The van der Waals surface area contributed by atoms with Gasteiger partial charge < -0.3 is 53.3 Å². The molecule has 3 aliphatic carbocycles. The summed E-state index contributed by atoms with van der Waals surface area (Å²) < 4.78 is 40.2. The molecule has 1 saturated carbocycles. The maximum Gasteiger partial charge on any atom is 0.347 e. The molecular weight excluding hydrogens is 736 g/mol. The number of ether oxygens (including phenoxy) is 6. The van der Waals surface area contributed by atoms with Gasteiger partial charge in [0.05, 0.1) is 37.2 Å². The monoisotopic (exact) mass is 788 g/mol. The minimum atomic E-state index is -2.85. The lowest BCUT2D eigenvalue weighted by molar-refractivity contribution is -0.349. The summed E-state index contributed by atoms with van der Waals surface area (Å²) in [7, 11) is 1.08. The average Bonchev–Trinajstić information content (AvgIpc) is 3.44. The molecule has 0 radical (unpaired) electrons. The maximum absolute atomic E-state index is 14.1. The zero-order valence-corrected chi connectivity index (χ0v) is 33.5. The van der Waals surface area contributed by atoms with Gasteiger partial charge in [0.2, 0.25) is 6.10 Å². The number of esters is 5. The second-order valence-corrected chi connectivity index (χ2v) is 17.4. The van der Waals surface area contributed by atoms with Gasteiger partial charge in [-0.05, 0) is 45.3 Å². The van der Waals surface area contributed by atoms with Gasteiger partial charge in [0.15, 0.2) is 23.6 Å². The first-order valence-electron chi connectivity index (χ1n) is 18.7. The largest absolute Gasteiger partial charge is 0.472 e. The molecule has 11 atom stereocenters. The van der Waals surface area contributed by atoms with E-state index in [0.717, 1.165) is 14.0 Å². The molecule has 16 heteroatoms. The molecule has 0 aromatic carbocycles. The minimum absolute atomic E-state index is 0.0168. The Morgan fingerprint density at radius 2 is 1.61 bits per heavy atom. The molecule has 2 aliphatic heterocycles. The van der Waals surface area contributed by atoms with E-state index in [1.54, 1.807) is 33.8 Å². The smallest absolute Gasteiger partial charge is 0.347 e. The molecule has 1 aromatic heterocycles. The molecule has 308 valence electrons. The molecule has 5 aliphatic rings. The molecule has 2 bridgehead atoms. The highest BCUT2D eigenvalue weighted by atomic mass is 16.7. The number of cyclic esters (lactones) is 1. The van der Waals surface area contributed by atoms with Crippen molar-refractivity contribution < 1.29 is 77.2 Å². The summed E-state index contributed by atoms with van der Waals surface area (Å²) in [4.78, 5) is 68.6. The lowest BCUT2D eigenvalue weighted by atomic mass is 9.36. The van der Waals surface area contributed by atoms with Crippen molar-refractivity contribution in [3.63, 3.8) is 0 Å². The number of carbonyl (C=O) groups is 5. The predicted molar refractivity (Wildman–Crippen MR) is 189 cm³/mol. The number of furan rings is 1. The van der Waals surface area contributed by atoms with Crippen LogP contribution in [0.15, 0.2) is 45.3 Å². The van der Waals surface area contributed by atoms with Gasteiger partial charge in [0.25, 0.3) is 0 Å². The van der Waals surface area contributed by atoms with Crippen LogP contribution >= 0.6 is 0 Å². The number of carbonyl (C=O) groups excluding carboxylic acids is 5. The Balaban J connectivity index is 1.79. The van der Waals surface area contributed by atoms with Gasteiger partial charge in [0, 0.05) is 40.2 Å². The fourth-order valence-electron chi connectivity index (χ4n) is 10.3. The number of aliphatic hydroxyl groups is 4. The van der Waals surface area contributed by atoms with Gasteiger partial charge in [-0.15, -0.1) is 0 Å². The highest BCUT2D eigenvalue weighted by Crippen LogP contribution is 2.73. The van der Waals surface area contributed by atoms with Gasteiger partial charge in [-0.3, -0.25) is 9.59 Å². The Bertz CT molecular complexity index is 1900. The third-order valence-corrected chi connectivity index (χ3v) is 13.5. The molecule has 56 heavy (non-hydrogen) atoms. The van der Waals surface area contributed by atoms with Crippen molar-refractivity contribution >= 4 is 29.8 Å². The third kappa shape index (κ3) is 5.46. The number of hydrogen-bond donors (Lipinski definition) is 4. The first-order chi connectivity index (χ1) is 25.8. The molecule has 0 amide bonds. The lowest BCUT2D eigenvalue weighted by Gasteiger charge is -2.72. The zero-order valence-electron chi connectivity index (χ0n) is 33.5. The highest BCUT2D eigenvalue weighted by molar-refractivity contribution is 5.94. The summed E-state index contributed by atoms with van der Waals surface area (Å²) in [6.45, 7) is 14.9. The SMILES string of the molecule is COC(=O)[C@H](OC(C)=O)[C@H]1C(C)(C)[C@@H](OC(=O)[C@]2(C)O[C@H]2C)[C@]2(O)[C@H](OC(=O)C(C)C)C3=C(CC[C@]4(C)C3=C(C(O)O)C(=O)O[C@H]4c3ccoc3)[C@@]1(C)[C@@]2(C)O. The Hall–Kier alpha value is -4.09. The van der Waals surface area contributed by atoms with Crippen LogP contribution in [0, 0.1) is 28.1 Å². The second-order valence-electron chi connectivity index (χ2n) is 17.4. The molecule has 1 aromatic rings. The molecule has 4 N–H and O–H groups in total. The van der Waals surface area contributed by atoms with Crippen molar-refractivity contribution in [2.45, 2.75) is 136 Å². The topological polar surface area (TPSA) is 238 Å². The van der Waals surface area contributed by atoms with E-state index in [4.69, 9.17) is 32.8 Å². The van der Waals surface area contributed by atoms with E-state index in [2.05, 4.69) is 0 Å². The Morgan fingerprint density at radius 3 is 2.11 bits per heavy atom. The minimum Gasteiger partial charge on any atom is -0.472 e. The summed E-state index contributed by atoms with van der Waals surface area (Å²) in [6, 6.07) is 1.58. The van der Waals surface area contributed by atoms with Crippen LogP contribution in [0.1, 0.15) is 93.7 Å². The van der Waals surface area contributed by atoms with Crippen LogP contribution in [0.5, 0.6) is 0 Å². The van der Waals surface area contributed by atoms with Crippen LogP contribution in [0.3, 0.4) is 0 Å². The van der Waals surface area contributed by atoms with Gasteiger partial charge >= 0.3 is 29.8 Å². The summed E-state index contributed by atoms with van der Waals surface area (Å²) in [6.07, 6.45) is -6.99. The number of fused-ring (bicyclic) bond motifs is 5. The lowest BCUT2D eigenvalue weighted by Crippen LogP contribution is -2.85. The molecule has 16 nitrogen and oxygen atoms in total. The van der Waals surface area contributed by atoms with Gasteiger partial charge in [-0.1, -0.05) is 47.1 Å². The standard InChI is InChI=1S/C40H52O16/c1-17(2)30(44)54-28-22-21(12-14-36(7)24(22)23(29(42)43)31(45)53-27(36)20-13-15-51-16-20)37(8)26(25(32(46)50-11)52-19(4)41)35(5,6)33(40(28,49)39(37,10)48)55-34(47)38(9)18(3)56-38/h13,15-18,25-29,33,42-43,48-49H,12,14H2,1-11H3/t18-,25+,26-,27-,28+,33+,36+,37+,38+,39+,40+/m0/s1. The number of methoxy groups -OCH3 is 1. The van der Waals surface area contributed by atoms with Crippen molar-refractivity contribution in [2.24, 2.45) is 28.1 Å². The van der Waals surface area contributed by atoms with Crippen LogP contribution in [0.2, 0.25) is 0 Å². The number of epoxide rings is 1. The van der Waals surface area contributed by atoms with Crippen LogP contribution < -0.4 is 0 Å². The van der Waals surface area contributed by atoms with Crippen molar-refractivity contribution in [1.82, 2.24) is 0 Å². The van der Waals surface area contributed by atoms with Gasteiger partial charge in [-0.25, -0.2) is 14.4 Å². The summed E-state index contributed by atoms with van der Waals surface area (Å²) in [5.41, 5.74) is -11.9. The number of rotatable bonds is 9. The van der Waals surface area contributed by atoms with E-state index < -0.39 is 117 Å². The number of hydrogen-bond acceptors (Lipinski definition) is 16. The van der Waals surface area contributed by atoms with Crippen molar-refractivity contribution in [1.29, 1.82) is 0 Å². The Labute approximate surface area is 324 Å². The predicted octanol–water partition coefficient (Wildman–Crippen LogP) is 2.50. The fourth-order valence-corrected chi connectivity index (χ4v) is 10.3. The van der Waals surface area contributed by atoms with Gasteiger partial charge in [-0.2, -0.15) is 0 Å². The first-order valence-corrected chi connectivity index (χ1v) is 18.7. The fraction of sp³-hybridized carbons (Fsp3) is 0.675. The molecule has 6 rings (SSSR count). The van der Waals surface area contributed by atoms with E-state index >= 15 is 0 Å². The molecule has 1 saturated heterocycles.